The molecule has 1 aromatic rings. The van der Waals surface area contributed by atoms with Gasteiger partial charge in [0.15, 0.2) is 5.79 Å². The molecule has 0 bridgehead atoms. The fourth-order valence-corrected chi connectivity index (χ4v) is 1.99. The number of aryl methyl sites for hydroxylation is 1. The lowest BCUT2D eigenvalue weighted by Crippen LogP contribution is -2.25. The molecule has 0 radical (unpaired) electrons. The number of rotatable bonds is 3. The monoisotopic (exact) mass is 300 g/mol. The summed E-state index contributed by atoms with van der Waals surface area (Å²) in [6.45, 7) is 6.97. The number of hydrogen-bond acceptors (Lipinski definition) is 3. The second kappa shape index (κ2) is 4.96. The summed E-state index contributed by atoms with van der Waals surface area (Å²) < 4.78 is 17.9. The smallest absolute Gasteiger partial charge is 0.163 e. The Balaban J connectivity index is 1.88. The van der Waals surface area contributed by atoms with E-state index in [1.807, 2.05) is 39.0 Å². The molecular weight excluding hydrogens is 284 g/mol. The molecule has 0 unspecified atom stereocenters. The lowest BCUT2D eigenvalue weighted by atomic mass is 10.2. The van der Waals surface area contributed by atoms with Gasteiger partial charge in [0.1, 0.15) is 18.5 Å². The van der Waals surface area contributed by atoms with Crippen molar-refractivity contribution >= 4 is 15.9 Å². The third kappa shape index (κ3) is 3.44. The minimum Gasteiger partial charge on any atom is -0.491 e. The van der Waals surface area contributed by atoms with Crippen molar-refractivity contribution in [1.29, 1.82) is 0 Å². The molecule has 1 aliphatic rings. The summed E-state index contributed by atoms with van der Waals surface area (Å²) in [6, 6.07) is 5.93. The average molecular weight is 301 g/mol. The van der Waals surface area contributed by atoms with Crippen molar-refractivity contribution in [3.8, 4) is 5.75 Å². The Bertz CT molecular complexity index is 404. The van der Waals surface area contributed by atoms with Crippen LogP contribution in [0.25, 0.3) is 0 Å². The highest BCUT2D eigenvalue weighted by molar-refractivity contribution is 9.10. The highest BCUT2D eigenvalue weighted by Gasteiger charge is 2.32. The van der Waals surface area contributed by atoms with Crippen LogP contribution < -0.4 is 4.74 Å². The van der Waals surface area contributed by atoms with E-state index in [1.54, 1.807) is 0 Å². The molecule has 0 N–H and O–H groups in total. The van der Waals surface area contributed by atoms with Crippen LogP contribution in [0.2, 0.25) is 0 Å². The molecule has 0 aliphatic carbocycles. The first-order chi connectivity index (χ1) is 7.96. The van der Waals surface area contributed by atoms with Crippen molar-refractivity contribution in [3.63, 3.8) is 0 Å². The van der Waals surface area contributed by atoms with E-state index in [-0.39, 0.29) is 6.10 Å². The van der Waals surface area contributed by atoms with Gasteiger partial charge in [-0.05, 0) is 44.5 Å². The van der Waals surface area contributed by atoms with Gasteiger partial charge in [0.05, 0.1) is 6.61 Å². The van der Waals surface area contributed by atoms with Gasteiger partial charge in [-0.3, -0.25) is 0 Å². The molecule has 1 aromatic carbocycles. The maximum atomic E-state index is 5.69. The fourth-order valence-electron chi connectivity index (χ4n) is 1.74. The zero-order valence-electron chi connectivity index (χ0n) is 10.3. The maximum absolute atomic E-state index is 5.69. The average Bonchev–Trinajstić information content (AvgIpc) is 2.60. The molecule has 0 amide bonds. The van der Waals surface area contributed by atoms with Crippen molar-refractivity contribution in [2.45, 2.75) is 32.7 Å². The molecule has 0 saturated carbocycles. The van der Waals surface area contributed by atoms with Crippen LogP contribution in [-0.4, -0.2) is 25.1 Å². The Hall–Kier alpha value is -0.580. The zero-order valence-corrected chi connectivity index (χ0v) is 11.9. The largest absolute Gasteiger partial charge is 0.491 e. The molecule has 1 saturated heterocycles. The Kier molecular flexibility index (Phi) is 3.76. The van der Waals surface area contributed by atoms with Gasteiger partial charge in [-0.1, -0.05) is 15.9 Å². The Morgan fingerprint density at radius 3 is 2.82 bits per heavy atom. The predicted octanol–water partition coefficient (Wildman–Crippen LogP) is 3.29. The first-order valence-electron chi connectivity index (χ1n) is 5.67. The summed E-state index contributed by atoms with van der Waals surface area (Å²) in [6.07, 6.45) is 0.00829. The van der Waals surface area contributed by atoms with Gasteiger partial charge in [-0.15, -0.1) is 0 Å². The van der Waals surface area contributed by atoms with E-state index in [0.29, 0.717) is 13.2 Å². The van der Waals surface area contributed by atoms with Crippen LogP contribution in [0.4, 0.5) is 0 Å². The van der Waals surface area contributed by atoms with Crippen LogP contribution in [0.3, 0.4) is 0 Å². The summed E-state index contributed by atoms with van der Waals surface area (Å²) in [5.74, 6) is 0.378. The molecule has 2 rings (SSSR count). The lowest BCUT2D eigenvalue weighted by molar-refractivity contribution is -0.141. The fraction of sp³-hybridized carbons (Fsp3) is 0.538. The normalized spacial score (nSPS) is 22.7. The van der Waals surface area contributed by atoms with E-state index in [2.05, 4.69) is 15.9 Å². The molecule has 1 aliphatic heterocycles. The predicted molar refractivity (Wildman–Crippen MR) is 69.3 cm³/mol. The van der Waals surface area contributed by atoms with Crippen molar-refractivity contribution in [2.75, 3.05) is 13.2 Å². The Morgan fingerprint density at radius 1 is 1.47 bits per heavy atom. The number of hydrogen-bond donors (Lipinski definition) is 0. The van der Waals surface area contributed by atoms with Gasteiger partial charge in [0, 0.05) is 4.47 Å². The Morgan fingerprint density at radius 2 is 2.24 bits per heavy atom. The summed E-state index contributed by atoms with van der Waals surface area (Å²) >= 11 is 3.46. The van der Waals surface area contributed by atoms with Gasteiger partial charge in [0.25, 0.3) is 0 Å². The van der Waals surface area contributed by atoms with Crippen molar-refractivity contribution in [2.24, 2.45) is 0 Å². The van der Waals surface area contributed by atoms with Gasteiger partial charge < -0.3 is 14.2 Å². The Labute approximate surface area is 110 Å². The third-order valence-electron chi connectivity index (χ3n) is 2.63. The van der Waals surface area contributed by atoms with Gasteiger partial charge in [-0.25, -0.2) is 0 Å². The quantitative estimate of drug-likeness (QED) is 0.857. The van der Waals surface area contributed by atoms with Crippen LogP contribution in [0.1, 0.15) is 19.4 Å². The van der Waals surface area contributed by atoms with E-state index in [9.17, 15) is 0 Å². The molecular formula is C13H17BrO3. The standard InChI is InChI=1S/C13H17BrO3/c1-9-6-10(4-5-12(9)14)15-7-11-8-16-13(2,3)17-11/h4-6,11H,7-8H2,1-3H3/t11-/m0/s1. The van der Waals surface area contributed by atoms with Crippen LogP contribution in [0.15, 0.2) is 22.7 Å². The minimum absolute atomic E-state index is 0.00829. The molecule has 1 atom stereocenters. The van der Waals surface area contributed by atoms with Crippen LogP contribution >= 0.6 is 15.9 Å². The van der Waals surface area contributed by atoms with Crippen LogP contribution in [0, 0.1) is 6.92 Å². The van der Waals surface area contributed by atoms with E-state index in [4.69, 9.17) is 14.2 Å². The van der Waals surface area contributed by atoms with Gasteiger partial charge >= 0.3 is 0 Å². The first kappa shape index (κ1) is 12.9. The van der Waals surface area contributed by atoms with E-state index in [0.717, 1.165) is 15.8 Å². The number of halogens is 1. The highest BCUT2D eigenvalue weighted by Crippen LogP contribution is 2.24. The van der Waals surface area contributed by atoms with E-state index in [1.165, 1.54) is 0 Å². The minimum atomic E-state index is -0.482. The summed E-state index contributed by atoms with van der Waals surface area (Å²) in [4.78, 5) is 0. The highest BCUT2D eigenvalue weighted by atomic mass is 79.9. The summed E-state index contributed by atoms with van der Waals surface area (Å²) in [5.41, 5.74) is 1.16. The molecule has 4 heteroatoms. The van der Waals surface area contributed by atoms with Gasteiger partial charge in [0.2, 0.25) is 0 Å². The second-order valence-electron chi connectivity index (χ2n) is 4.67. The molecule has 0 spiro atoms. The van der Waals surface area contributed by atoms with Crippen LogP contribution in [0.5, 0.6) is 5.75 Å². The lowest BCUT2D eigenvalue weighted by Gasteiger charge is -2.17. The molecule has 0 aromatic heterocycles. The zero-order chi connectivity index (χ0) is 12.5. The SMILES string of the molecule is Cc1cc(OC[C@H]2COC(C)(C)O2)ccc1Br. The summed E-state index contributed by atoms with van der Waals surface area (Å²) in [7, 11) is 0. The molecule has 1 heterocycles. The first-order valence-corrected chi connectivity index (χ1v) is 6.46. The molecule has 1 fully saturated rings. The van der Waals surface area contributed by atoms with Gasteiger partial charge in [-0.2, -0.15) is 0 Å². The topological polar surface area (TPSA) is 27.7 Å². The molecule has 17 heavy (non-hydrogen) atoms. The molecule has 3 nitrogen and oxygen atoms in total. The van der Waals surface area contributed by atoms with E-state index < -0.39 is 5.79 Å². The maximum Gasteiger partial charge on any atom is 0.163 e. The van der Waals surface area contributed by atoms with Crippen molar-refractivity contribution in [1.82, 2.24) is 0 Å². The molecule has 94 valence electrons. The number of ether oxygens (including phenoxy) is 3. The number of benzene rings is 1. The second-order valence-corrected chi connectivity index (χ2v) is 5.53. The third-order valence-corrected chi connectivity index (χ3v) is 3.52. The van der Waals surface area contributed by atoms with Crippen molar-refractivity contribution < 1.29 is 14.2 Å². The summed E-state index contributed by atoms with van der Waals surface area (Å²) in [5, 5.41) is 0. The van der Waals surface area contributed by atoms with E-state index >= 15 is 0 Å². The van der Waals surface area contributed by atoms with Crippen LogP contribution in [-0.2, 0) is 9.47 Å². The van der Waals surface area contributed by atoms with Crippen molar-refractivity contribution in [3.05, 3.63) is 28.2 Å².